The van der Waals surface area contributed by atoms with Crippen molar-refractivity contribution >= 4 is 17.9 Å². The molecule has 0 heterocycles. The lowest BCUT2D eigenvalue weighted by Gasteiger charge is -2.63. The van der Waals surface area contributed by atoms with Crippen LogP contribution < -0.4 is 0 Å². The molecule has 0 aromatic rings. The van der Waals surface area contributed by atoms with E-state index in [1.165, 1.54) is 19.1 Å². The third-order valence-electron chi connectivity index (χ3n) is 13.4. The number of ketones is 1. The first-order valence-electron chi connectivity index (χ1n) is 15.6. The molecule has 6 saturated carbocycles. The Balaban J connectivity index is 1.35. The molecule has 0 aliphatic heterocycles. The Morgan fingerprint density at radius 3 is 2.37 bits per heavy atom. The number of ether oxygens (including phenoxy) is 3. The van der Waals surface area contributed by atoms with E-state index in [-0.39, 0.29) is 36.2 Å². The lowest BCUT2D eigenvalue weighted by Crippen LogP contribution is -2.71. The van der Waals surface area contributed by atoms with Crippen molar-refractivity contribution < 1.29 is 46.9 Å². The van der Waals surface area contributed by atoms with Gasteiger partial charge < -0.3 is 19.3 Å². The van der Waals surface area contributed by atoms with Crippen molar-refractivity contribution in [3.63, 3.8) is 0 Å². The molecule has 2 bridgehead atoms. The zero-order chi connectivity index (χ0) is 31.5. The number of alkyl halides is 3. The van der Waals surface area contributed by atoms with Crippen LogP contribution in [0.1, 0.15) is 73.6 Å². The number of fused-ring (bicyclic) bond motifs is 7. The third-order valence-corrected chi connectivity index (χ3v) is 13.4. The Kier molecular flexibility index (Phi) is 6.82. The highest BCUT2D eigenvalue weighted by atomic mass is 19.1. The van der Waals surface area contributed by atoms with Crippen molar-refractivity contribution in [1.29, 1.82) is 0 Å². The van der Waals surface area contributed by atoms with Crippen LogP contribution in [-0.4, -0.2) is 59.5 Å². The van der Waals surface area contributed by atoms with E-state index in [1.807, 2.05) is 6.92 Å². The largest absolute Gasteiger partial charge is 0.509 e. The Labute approximate surface area is 250 Å². The number of aliphatic hydroxyl groups excluding tert-OH is 1. The molecule has 7 nitrogen and oxygen atoms in total. The van der Waals surface area contributed by atoms with Gasteiger partial charge in [0.15, 0.2) is 11.5 Å². The van der Waals surface area contributed by atoms with Gasteiger partial charge in [0.2, 0.25) is 12.5 Å². The monoisotopic (exact) mass is 608 g/mol. The Morgan fingerprint density at radius 2 is 1.74 bits per heavy atom. The highest BCUT2D eigenvalue weighted by Gasteiger charge is 2.79. The molecule has 6 fully saturated rings. The summed E-state index contributed by atoms with van der Waals surface area (Å²) < 4.78 is 63.6. The van der Waals surface area contributed by atoms with Crippen LogP contribution in [0.4, 0.5) is 18.0 Å². The van der Waals surface area contributed by atoms with Gasteiger partial charge in [-0.3, -0.25) is 4.79 Å². The summed E-state index contributed by atoms with van der Waals surface area (Å²) in [5.41, 5.74) is -7.40. The number of carbonyl (C=O) groups excluding carboxylic acids is 3. The minimum atomic E-state index is -2.38. The number of hydrogen-bond donors (Lipinski definition) is 1. The summed E-state index contributed by atoms with van der Waals surface area (Å²) in [5, 5.41) is 11.6. The van der Waals surface area contributed by atoms with Crippen molar-refractivity contribution in [3.8, 4) is 0 Å². The molecule has 43 heavy (non-hydrogen) atoms. The molecular formula is C33H43F3O7. The molecule has 0 saturated heterocycles. The van der Waals surface area contributed by atoms with E-state index in [1.54, 1.807) is 13.8 Å². The number of esters is 1. The van der Waals surface area contributed by atoms with E-state index < -0.39 is 83.0 Å². The SMILES string of the molecule is C[C@@H]1[C@H]2C[C@@H](C[C@H]1OC(=O)O[C@]1(C(=O)OCF)[C@H](C)C[C@H]3[C@@H]4C[C@H](F)C5=CC(=O)C=C[C@]5(C)[C@@]4(F)[C@@H](O)C[C@@]31C)C2(C)C. The van der Waals surface area contributed by atoms with Crippen LogP contribution in [0.3, 0.4) is 0 Å². The Bertz CT molecular complexity index is 1300. The van der Waals surface area contributed by atoms with Crippen LogP contribution in [0, 0.1) is 51.8 Å². The molecule has 13 atom stereocenters. The van der Waals surface area contributed by atoms with Gasteiger partial charge in [0, 0.05) is 22.7 Å². The summed E-state index contributed by atoms with van der Waals surface area (Å²) in [7, 11) is 0. The molecule has 238 valence electrons. The van der Waals surface area contributed by atoms with E-state index in [9.17, 15) is 23.9 Å². The van der Waals surface area contributed by atoms with E-state index in [0.29, 0.717) is 18.3 Å². The van der Waals surface area contributed by atoms with Crippen molar-refractivity contribution in [2.75, 3.05) is 6.86 Å². The predicted octanol–water partition coefficient (Wildman–Crippen LogP) is 5.98. The first kappa shape index (κ1) is 30.7. The maximum atomic E-state index is 17.6. The summed E-state index contributed by atoms with van der Waals surface area (Å²) >= 11 is 0. The van der Waals surface area contributed by atoms with Crippen LogP contribution >= 0.6 is 0 Å². The van der Waals surface area contributed by atoms with E-state index in [0.717, 1.165) is 12.5 Å². The van der Waals surface area contributed by atoms with Gasteiger partial charge in [0.1, 0.15) is 12.3 Å². The first-order valence-corrected chi connectivity index (χ1v) is 15.6. The molecule has 7 aliphatic carbocycles. The number of allylic oxidation sites excluding steroid dienone is 4. The maximum absolute atomic E-state index is 17.6. The van der Waals surface area contributed by atoms with Crippen molar-refractivity contribution in [1.82, 2.24) is 0 Å². The van der Waals surface area contributed by atoms with E-state index in [2.05, 4.69) is 13.8 Å². The van der Waals surface area contributed by atoms with Crippen LogP contribution in [0.5, 0.6) is 0 Å². The molecule has 1 N–H and O–H groups in total. The second-order valence-corrected chi connectivity index (χ2v) is 15.2. The topological polar surface area (TPSA) is 99.1 Å². The molecule has 0 aromatic carbocycles. The fraction of sp³-hybridized carbons (Fsp3) is 0.788. The number of rotatable bonds is 4. The second-order valence-electron chi connectivity index (χ2n) is 15.2. The molecule has 0 aromatic heterocycles. The van der Waals surface area contributed by atoms with Gasteiger partial charge in [-0.25, -0.2) is 22.8 Å². The Morgan fingerprint density at radius 1 is 1.05 bits per heavy atom. The van der Waals surface area contributed by atoms with Gasteiger partial charge in [-0.15, -0.1) is 0 Å². The lowest BCUT2D eigenvalue weighted by molar-refractivity contribution is -0.237. The minimum Gasteiger partial charge on any atom is -0.431 e. The molecule has 10 heteroatoms. The first-order chi connectivity index (χ1) is 20.0. The fourth-order valence-corrected chi connectivity index (χ4v) is 10.9. The van der Waals surface area contributed by atoms with Crippen molar-refractivity contribution in [3.05, 3.63) is 23.8 Å². The molecule has 0 spiro atoms. The number of hydrogen-bond acceptors (Lipinski definition) is 7. The number of aliphatic hydroxyl groups is 1. The van der Waals surface area contributed by atoms with Crippen LogP contribution in [-0.2, 0) is 23.8 Å². The quantitative estimate of drug-likeness (QED) is 0.392. The van der Waals surface area contributed by atoms with Gasteiger partial charge >= 0.3 is 12.1 Å². The number of halogens is 3. The summed E-state index contributed by atoms with van der Waals surface area (Å²) in [6.07, 6.45) is -0.0978. The van der Waals surface area contributed by atoms with Crippen LogP contribution in [0.15, 0.2) is 23.8 Å². The van der Waals surface area contributed by atoms with Gasteiger partial charge in [-0.2, -0.15) is 0 Å². The van der Waals surface area contributed by atoms with Crippen LogP contribution in [0.2, 0.25) is 0 Å². The van der Waals surface area contributed by atoms with Crippen LogP contribution in [0.25, 0.3) is 0 Å². The van der Waals surface area contributed by atoms with Crippen molar-refractivity contribution in [2.45, 2.75) is 103 Å². The van der Waals surface area contributed by atoms with E-state index >= 15 is 8.78 Å². The lowest BCUT2D eigenvalue weighted by atomic mass is 9.44. The molecule has 7 rings (SSSR count). The molecule has 0 amide bonds. The normalized spacial score (nSPS) is 50.8. The highest BCUT2D eigenvalue weighted by Crippen LogP contribution is 2.72. The second kappa shape index (κ2) is 9.57. The molecule has 7 aliphatic rings. The average Bonchev–Trinajstić information content (AvgIpc) is 3.14. The summed E-state index contributed by atoms with van der Waals surface area (Å²) in [6, 6.07) is 0. The smallest absolute Gasteiger partial charge is 0.431 e. The third kappa shape index (κ3) is 3.73. The minimum absolute atomic E-state index is 0.0155. The molecular weight excluding hydrogens is 565 g/mol. The zero-order valence-electron chi connectivity index (χ0n) is 25.7. The summed E-state index contributed by atoms with van der Waals surface area (Å²) in [4.78, 5) is 39.4. The average molecular weight is 609 g/mol. The zero-order valence-corrected chi connectivity index (χ0v) is 25.7. The predicted molar refractivity (Wildman–Crippen MR) is 148 cm³/mol. The summed E-state index contributed by atoms with van der Waals surface area (Å²) in [6.45, 7) is 9.74. The number of carbonyl (C=O) groups is 3. The molecule has 0 unspecified atom stereocenters. The van der Waals surface area contributed by atoms with Gasteiger partial charge in [0.25, 0.3) is 0 Å². The van der Waals surface area contributed by atoms with Crippen molar-refractivity contribution in [2.24, 2.45) is 51.8 Å². The highest BCUT2D eigenvalue weighted by molar-refractivity contribution is 6.01. The molecule has 0 radical (unpaired) electrons. The Hall–Kier alpha value is -2.36. The fourth-order valence-electron chi connectivity index (χ4n) is 10.9. The van der Waals surface area contributed by atoms with E-state index in [4.69, 9.17) is 14.2 Å². The summed E-state index contributed by atoms with van der Waals surface area (Å²) in [5.74, 6) is -3.40. The standard InChI is InChI=1S/C33H43F3O7/c1-16-9-21-22-13-24(35)23-12-19(37)7-8-30(23,5)32(22,36)26(38)14-31(21,6)33(16,27(39)41-15-34)43-28(40)42-25-11-18-10-20(17(25)2)29(18,3)4/h7-8,12,16-18,20-22,24-26,38H,9-11,13-15H2,1-6H3/t16-,17-,18+,20-,21+,22+,24+,25-,26+,30+,31+,32+,33+/m1/s1. The van der Waals surface area contributed by atoms with Gasteiger partial charge in [0.05, 0.1) is 6.10 Å². The maximum Gasteiger partial charge on any atom is 0.509 e. The van der Waals surface area contributed by atoms with Gasteiger partial charge in [-0.05, 0) is 85.8 Å². The van der Waals surface area contributed by atoms with Gasteiger partial charge in [-0.1, -0.05) is 40.7 Å².